The van der Waals surface area contributed by atoms with Crippen molar-refractivity contribution in [3.63, 3.8) is 0 Å². The maximum Gasteiger partial charge on any atom is 0.235 e. The summed E-state index contributed by atoms with van der Waals surface area (Å²) in [5.41, 5.74) is 19.0. The number of benzene rings is 11. The zero-order chi connectivity index (χ0) is 57.7. The SMILES string of the molecule is CC(C)(C)c1ccc2c(c1)c1ccc3ccccc3c1n2-c1nccc(-c2cccc(-c3ccc(-c4ccccc4)cc3)c2)n1.c1ccc(-c2cncc(-c3ccc(-c4cnc(-n5c6ccccc6c6c7ccccc7ccc65)nc4)cc3)c2)cc1. The van der Waals surface area contributed by atoms with Crippen molar-refractivity contribution < 1.29 is 0 Å². The molecule has 0 spiro atoms. The van der Waals surface area contributed by atoms with Gasteiger partial charge in [-0.15, -0.1) is 0 Å². The molecule has 11 aromatic carbocycles. The van der Waals surface area contributed by atoms with Gasteiger partial charge in [-0.1, -0.05) is 239 Å². The zero-order valence-electron chi connectivity index (χ0n) is 47.8. The van der Waals surface area contributed by atoms with E-state index < -0.39 is 0 Å². The number of hydrogen-bond donors (Lipinski definition) is 0. The van der Waals surface area contributed by atoms with E-state index in [2.05, 4.69) is 265 Å². The molecule has 0 atom stereocenters. The van der Waals surface area contributed by atoms with Crippen LogP contribution in [0.15, 0.2) is 292 Å². The highest BCUT2D eigenvalue weighted by Gasteiger charge is 2.22. The Bertz CT molecular complexity index is 5180. The van der Waals surface area contributed by atoms with Crippen LogP contribution in [0.1, 0.15) is 26.3 Å². The van der Waals surface area contributed by atoms with E-state index in [4.69, 9.17) is 19.9 Å². The summed E-state index contributed by atoms with van der Waals surface area (Å²) < 4.78 is 4.41. The minimum Gasteiger partial charge on any atom is -0.278 e. The van der Waals surface area contributed by atoms with E-state index in [1.807, 2.05) is 61.3 Å². The number of pyridine rings is 1. The number of para-hydroxylation sites is 1. The molecule has 0 amide bonds. The Labute approximate surface area is 498 Å². The third kappa shape index (κ3) is 9.51. The van der Waals surface area contributed by atoms with Crippen LogP contribution in [0, 0.1) is 0 Å². The first kappa shape index (κ1) is 51.7. The van der Waals surface area contributed by atoms with Gasteiger partial charge >= 0.3 is 0 Å². The van der Waals surface area contributed by atoms with E-state index in [0.717, 1.165) is 72.3 Å². The van der Waals surface area contributed by atoms with Crippen molar-refractivity contribution in [1.82, 2.24) is 34.1 Å². The molecule has 86 heavy (non-hydrogen) atoms. The predicted octanol–water partition coefficient (Wildman–Crippen LogP) is 20.1. The standard InChI is InChI=1S/C42H33N3.C37H24N4/c1-42(2,3)34-21-23-39-37(27-34)36-22-20-31-12-7-8-15-35(31)40(36)45(39)41-43-25-24-38(44-41)33-14-9-13-32(26-33)30-18-16-29(17-19-30)28-10-5-4-6-11-28;1-2-8-25(9-3-1)29-20-30(22-38-21-29)26-14-16-27(17-15-26)31-23-39-37(40-24-31)41-34-13-7-6-12-33(34)36-32-11-5-4-10-28(32)18-19-35(36)41/h4-27H,1-3H3;1-24H. The van der Waals surface area contributed by atoms with Crippen molar-refractivity contribution in [1.29, 1.82) is 0 Å². The highest BCUT2D eigenvalue weighted by molar-refractivity contribution is 6.21. The summed E-state index contributed by atoms with van der Waals surface area (Å²) in [6, 6.07) is 92.2. The van der Waals surface area contributed by atoms with Crippen LogP contribution in [0.3, 0.4) is 0 Å². The van der Waals surface area contributed by atoms with E-state index in [9.17, 15) is 0 Å². The number of aromatic nitrogens is 7. The molecule has 0 radical (unpaired) electrons. The molecule has 0 aliphatic carbocycles. The largest absolute Gasteiger partial charge is 0.278 e. The molecule has 0 aliphatic heterocycles. The Balaban J connectivity index is 0.000000146. The first-order valence-electron chi connectivity index (χ1n) is 29.2. The summed E-state index contributed by atoms with van der Waals surface area (Å²) in [5, 5.41) is 9.72. The van der Waals surface area contributed by atoms with Gasteiger partial charge in [-0.2, -0.15) is 0 Å². The maximum absolute atomic E-state index is 5.20. The molecule has 5 heterocycles. The van der Waals surface area contributed by atoms with Crippen molar-refractivity contribution in [2.24, 2.45) is 0 Å². The molecule has 0 fully saturated rings. The highest BCUT2D eigenvalue weighted by atomic mass is 15.2. The number of fused-ring (bicyclic) bond motifs is 10. The third-order valence-electron chi connectivity index (χ3n) is 16.6. The molecular formula is C79H57N7. The van der Waals surface area contributed by atoms with E-state index in [0.29, 0.717) is 11.9 Å². The number of hydrogen-bond acceptors (Lipinski definition) is 5. The summed E-state index contributed by atoms with van der Waals surface area (Å²) in [6.45, 7) is 6.79. The smallest absolute Gasteiger partial charge is 0.235 e. The second-order valence-corrected chi connectivity index (χ2v) is 23.0. The van der Waals surface area contributed by atoms with Gasteiger partial charge in [0.15, 0.2) is 0 Å². The summed E-state index contributed by atoms with van der Waals surface area (Å²) in [7, 11) is 0. The maximum atomic E-state index is 5.20. The summed E-state index contributed by atoms with van der Waals surface area (Å²) in [5.74, 6) is 1.33. The molecule has 0 N–H and O–H groups in total. The van der Waals surface area contributed by atoms with Crippen LogP contribution in [-0.2, 0) is 5.41 Å². The van der Waals surface area contributed by atoms with Gasteiger partial charge in [0, 0.05) is 80.2 Å². The van der Waals surface area contributed by atoms with Crippen molar-refractivity contribution in [3.8, 4) is 78.8 Å². The minimum absolute atomic E-state index is 0.0444. The summed E-state index contributed by atoms with van der Waals surface area (Å²) >= 11 is 0. The second-order valence-electron chi connectivity index (χ2n) is 23.0. The van der Waals surface area contributed by atoms with E-state index in [-0.39, 0.29) is 5.41 Å². The molecule has 16 aromatic rings. The predicted molar refractivity (Wildman–Crippen MR) is 357 cm³/mol. The van der Waals surface area contributed by atoms with Gasteiger partial charge in [0.25, 0.3) is 0 Å². The lowest BCUT2D eigenvalue weighted by atomic mass is 9.86. The van der Waals surface area contributed by atoms with Gasteiger partial charge in [0.1, 0.15) is 0 Å². The van der Waals surface area contributed by atoms with Gasteiger partial charge in [0.05, 0.1) is 27.8 Å². The van der Waals surface area contributed by atoms with Gasteiger partial charge in [-0.25, -0.2) is 19.9 Å². The Morgan fingerprint density at radius 1 is 0.302 bits per heavy atom. The Kier molecular flexibility index (Phi) is 13.0. The molecule has 7 heteroatoms. The minimum atomic E-state index is 0.0444. The number of nitrogens with zero attached hydrogens (tertiary/aromatic N) is 7. The van der Waals surface area contributed by atoms with Crippen LogP contribution in [-0.4, -0.2) is 34.1 Å². The van der Waals surface area contributed by atoms with Crippen molar-refractivity contribution >= 4 is 65.2 Å². The Morgan fingerprint density at radius 3 is 1.51 bits per heavy atom. The van der Waals surface area contributed by atoms with Gasteiger partial charge in [-0.05, 0) is 109 Å². The molecule has 0 saturated carbocycles. The van der Waals surface area contributed by atoms with Crippen LogP contribution >= 0.6 is 0 Å². The van der Waals surface area contributed by atoms with Crippen LogP contribution in [0.2, 0.25) is 0 Å². The molecule has 7 nitrogen and oxygen atoms in total. The molecule has 0 bridgehead atoms. The quantitative estimate of drug-likeness (QED) is 0.152. The number of rotatable bonds is 8. The monoisotopic (exact) mass is 1100 g/mol. The van der Waals surface area contributed by atoms with Gasteiger partial charge < -0.3 is 0 Å². The first-order chi connectivity index (χ1) is 42.3. The molecule has 408 valence electrons. The van der Waals surface area contributed by atoms with E-state index in [1.165, 1.54) is 65.3 Å². The molecular weight excluding hydrogens is 1050 g/mol. The lowest BCUT2D eigenvalue weighted by Gasteiger charge is -2.19. The molecule has 0 unspecified atom stereocenters. The fourth-order valence-corrected chi connectivity index (χ4v) is 12.2. The van der Waals surface area contributed by atoms with Crippen molar-refractivity contribution in [2.75, 3.05) is 0 Å². The van der Waals surface area contributed by atoms with Crippen LogP contribution in [0.5, 0.6) is 0 Å². The lowest BCUT2D eigenvalue weighted by Crippen LogP contribution is -2.10. The highest BCUT2D eigenvalue weighted by Crippen LogP contribution is 2.40. The van der Waals surface area contributed by atoms with Crippen LogP contribution < -0.4 is 0 Å². The molecule has 0 aliphatic rings. The molecule has 0 saturated heterocycles. The van der Waals surface area contributed by atoms with Gasteiger partial charge in [-0.3, -0.25) is 14.1 Å². The average Bonchev–Trinajstić information content (AvgIpc) is 1.72. The van der Waals surface area contributed by atoms with E-state index >= 15 is 0 Å². The average molecular weight is 1100 g/mol. The Hall–Kier alpha value is -11.2. The summed E-state index contributed by atoms with van der Waals surface area (Å²) in [6.07, 6.45) is 9.53. The fourth-order valence-electron chi connectivity index (χ4n) is 12.2. The first-order valence-corrected chi connectivity index (χ1v) is 29.2. The van der Waals surface area contributed by atoms with E-state index in [1.54, 1.807) is 0 Å². The van der Waals surface area contributed by atoms with Crippen LogP contribution in [0.25, 0.3) is 144 Å². The third-order valence-corrected chi connectivity index (χ3v) is 16.6. The Morgan fingerprint density at radius 2 is 0.814 bits per heavy atom. The molecule has 16 rings (SSSR count). The molecule has 5 aromatic heterocycles. The lowest BCUT2D eigenvalue weighted by molar-refractivity contribution is 0.591. The van der Waals surface area contributed by atoms with Crippen molar-refractivity contribution in [3.05, 3.63) is 297 Å². The van der Waals surface area contributed by atoms with Gasteiger partial charge in [0.2, 0.25) is 11.9 Å². The normalized spacial score (nSPS) is 11.7. The topological polar surface area (TPSA) is 74.3 Å². The van der Waals surface area contributed by atoms with Crippen molar-refractivity contribution in [2.45, 2.75) is 26.2 Å². The second kappa shape index (κ2) is 21.6. The van der Waals surface area contributed by atoms with Crippen LogP contribution in [0.4, 0.5) is 0 Å². The fraction of sp³-hybridized carbons (Fsp3) is 0.0506. The zero-order valence-corrected chi connectivity index (χ0v) is 47.8. The summed E-state index contributed by atoms with van der Waals surface area (Å²) in [4.78, 5) is 24.2.